The molecule has 9 heteroatoms. The topological polar surface area (TPSA) is 99.2 Å². The van der Waals surface area contributed by atoms with Crippen LogP contribution in [0.1, 0.15) is 18.4 Å². The number of nitrogens with one attached hydrogen (secondary N) is 1. The first-order chi connectivity index (χ1) is 13.2. The lowest BCUT2D eigenvalue weighted by atomic mass is 10.2. The predicted octanol–water partition coefficient (Wildman–Crippen LogP) is 2.00. The lowest BCUT2D eigenvalue weighted by Crippen LogP contribution is -2.12. The van der Waals surface area contributed by atoms with Crippen molar-refractivity contribution < 1.29 is 0 Å². The van der Waals surface area contributed by atoms with Gasteiger partial charge in [0.25, 0.3) is 0 Å². The Labute approximate surface area is 156 Å². The summed E-state index contributed by atoms with van der Waals surface area (Å²) in [5, 5.41) is 17.0. The van der Waals surface area contributed by atoms with E-state index in [9.17, 15) is 0 Å². The maximum Gasteiger partial charge on any atom is 0.182 e. The van der Waals surface area contributed by atoms with Crippen molar-refractivity contribution in [2.24, 2.45) is 7.05 Å². The van der Waals surface area contributed by atoms with E-state index in [4.69, 9.17) is 4.98 Å². The first-order valence-electron chi connectivity index (χ1n) is 8.90. The Kier molecular flexibility index (Phi) is 4.49. The van der Waals surface area contributed by atoms with Crippen LogP contribution in [0.2, 0.25) is 0 Å². The van der Waals surface area contributed by atoms with Gasteiger partial charge in [-0.1, -0.05) is 6.07 Å². The van der Waals surface area contributed by atoms with E-state index in [-0.39, 0.29) is 0 Å². The normalized spacial score (nSPS) is 11.2. The Balaban J connectivity index is 1.68. The standard InChI is InChI=1S/C18H21N9/c1-4-27-11-21-24-14(27)8-10-20-17-15-12(2)25-26(3)18(15)23-16(22-17)13-7-5-6-9-19-13/h5-7,9,11H,4,8,10H2,1-3H3,(H,20,22,23). The van der Waals surface area contributed by atoms with Gasteiger partial charge in [0, 0.05) is 32.8 Å². The number of aromatic nitrogens is 8. The molecule has 0 aromatic carbocycles. The first kappa shape index (κ1) is 17.1. The van der Waals surface area contributed by atoms with Gasteiger partial charge in [0.15, 0.2) is 11.5 Å². The molecule has 1 N–H and O–H groups in total. The fourth-order valence-electron chi connectivity index (χ4n) is 3.11. The van der Waals surface area contributed by atoms with Crippen LogP contribution in [0.25, 0.3) is 22.6 Å². The van der Waals surface area contributed by atoms with Crippen molar-refractivity contribution in [3.05, 3.63) is 42.2 Å². The van der Waals surface area contributed by atoms with Gasteiger partial charge in [0.05, 0.1) is 11.1 Å². The molecule has 0 amide bonds. The highest BCUT2D eigenvalue weighted by atomic mass is 15.3. The van der Waals surface area contributed by atoms with Crippen molar-refractivity contribution in [3.63, 3.8) is 0 Å². The largest absolute Gasteiger partial charge is 0.369 e. The second-order valence-electron chi connectivity index (χ2n) is 6.23. The van der Waals surface area contributed by atoms with E-state index < -0.39 is 0 Å². The minimum absolute atomic E-state index is 0.574. The van der Waals surface area contributed by atoms with Gasteiger partial charge in [-0.15, -0.1) is 10.2 Å². The van der Waals surface area contributed by atoms with Gasteiger partial charge in [-0.25, -0.2) is 9.97 Å². The van der Waals surface area contributed by atoms with Crippen LogP contribution in [0, 0.1) is 6.92 Å². The summed E-state index contributed by atoms with van der Waals surface area (Å²) < 4.78 is 3.81. The molecule has 0 radical (unpaired) electrons. The summed E-state index contributed by atoms with van der Waals surface area (Å²) in [5.74, 6) is 2.28. The van der Waals surface area contributed by atoms with Crippen molar-refractivity contribution in [2.75, 3.05) is 11.9 Å². The zero-order valence-electron chi connectivity index (χ0n) is 15.6. The first-order valence-corrected chi connectivity index (χ1v) is 8.90. The minimum atomic E-state index is 0.574. The molecule has 0 saturated heterocycles. The summed E-state index contributed by atoms with van der Waals surface area (Å²) in [4.78, 5) is 13.8. The molecule has 0 aliphatic heterocycles. The average Bonchev–Trinajstić information content (AvgIpc) is 3.26. The summed E-state index contributed by atoms with van der Waals surface area (Å²) in [5.41, 5.74) is 2.40. The summed E-state index contributed by atoms with van der Waals surface area (Å²) in [6.07, 6.45) is 4.24. The van der Waals surface area contributed by atoms with Gasteiger partial charge in [0.2, 0.25) is 0 Å². The van der Waals surface area contributed by atoms with E-state index >= 15 is 0 Å². The second kappa shape index (κ2) is 7.10. The molecule has 0 bridgehead atoms. The number of anilines is 1. The molecule has 0 aliphatic rings. The van der Waals surface area contributed by atoms with Crippen molar-refractivity contribution in [1.82, 2.24) is 39.5 Å². The molecule has 4 heterocycles. The van der Waals surface area contributed by atoms with Crippen LogP contribution in [0.3, 0.4) is 0 Å². The van der Waals surface area contributed by atoms with E-state index in [1.807, 2.05) is 36.7 Å². The van der Waals surface area contributed by atoms with Gasteiger partial charge in [-0.2, -0.15) is 5.10 Å². The van der Waals surface area contributed by atoms with Gasteiger partial charge in [0.1, 0.15) is 23.7 Å². The Morgan fingerprint density at radius 3 is 2.85 bits per heavy atom. The molecular weight excluding hydrogens is 342 g/mol. The quantitative estimate of drug-likeness (QED) is 0.559. The smallest absolute Gasteiger partial charge is 0.182 e. The maximum absolute atomic E-state index is 4.73. The third-order valence-corrected chi connectivity index (χ3v) is 4.43. The number of hydrogen-bond acceptors (Lipinski definition) is 7. The van der Waals surface area contributed by atoms with E-state index in [1.165, 1.54) is 0 Å². The molecule has 0 fully saturated rings. The third kappa shape index (κ3) is 3.23. The molecule has 4 aromatic rings. The maximum atomic E-state index is 4.73. The fourth-order valence-corrected chi connectivity index (χ4v) is 3.11. The summed E-state index contributed by atoms with van der Waals surface area (Å²) >= 11 is 0. The van der Waals surface area contributed by atoms with Gasteiger partial charge >= 0.3 is 0 Å². The lowest BCUT2D eigenvalue weighted by Gasteiger charge is -2.09. The Bertz CT molecular complexity index is 1070. The van der Waals surface area contributed by atoms with E-state index in [0.29, 0.717) is 12.4 Å². The molecule has 4 rings (SSSR count). The van der Waals surface area contributed by atoms with E-state index in [2.05, 4.69) is 37.5 Å². The summed E-state index contributed by atoms with van der Waals surface area (Å²) in [6.45, 7) is 5.57. The highest BCUT2D eigenvalue weighted by molar-refractivity contribution is 5.90. The highest BCUT2D eigenvalue weighted by Crippen LogP contribution is 2.26. The molecule has 0 atom stereocenters. The second-order valence-corrected chi connectivity index (χ2v) is 6.23. The molecule has 0 saturated carbocycles. The number of fused-ring (bicyclic) bond motifs is 1. The van der Waals surface area contributed by atoms with Crippen molar-refractivity contribution >= 4 is 16.9 Å². The Morgan fingerprint density at radius 1 is 1.19 bits per heavy atom. The van der Waals surface area contributed by atoms with Crippen LogP contribution in [0.5, 0.6) is 0 Å². The molecule has 0 spiro atoms. The minimum Gasteiger partial charge on any atom is -0.369 e. The predicted molar refractivity (Wildman–Crippen MR) is 102 cm³/mol. The molecule has 9 nitrogen and oxygen atoms in total. The number of aryl methyl sites for hydroxylation is 3. The molecular formula is C18H21N9. The molecule has 0 aliphatic carbocycles. The van der Waals surface area contributed by atoms with Crippen LogP contribution >= 0.6 is 0 Å². The number of pyridine rings is 1. The zero-order chi connectivity index (χ0) is 18.8. The number of rotatable bonds is 6. The van der Waals surface area contributed by atoms with Crippen LogP contribution in [0.15, 0.2) is 30.7 Å². The molecule has 27 heavy (non-hydrogen) atoms. The van der Waals surface area contributed by atoms with E-state index in [0.717, 1.165) is 47.0 Å². The van der Waals surface area contributed by atoms with Gasteiger partial charge in [-0.3, -0.25) is 9.67 Å². The number of nitrogens with zero attached hydrogens (tertiary/aromatic N) is 8. The van der Waals surface area contributed by atoms with Crippen LogP contribution in [-0.2, 0) is 20.0 Å². The van der Waals surface area contributed by atoms with E-state index in [1.54, 1.807) is 17.2 Å². The van der Waals surface area contributed by atoms with Crippen LogP contribution in [0.4, 0.5) is 5.82 Å². The Morgan fingerprint density at radius 2 is 2.07 bits per heavy atom. The SMILES string of the molecule is CCn1cnnc1CCNc1nc(-c2ccccn2)nc2c1c(C)nn2C. The highest BCUT2D eigenvalue weighted by Gasteiger charge is 2.16. The third-order valence-electron chi connectivity index (χ3n) is 4.43. The van der Waals surface area contributed by atoms with Crippen molar-refractivity contribution in [1.29, 1.82) is 0 Å². The summed E-state index contributed by atoms with van der Waals surface area (Å²) in [6, 6.07) is 5.70. The molecule has 138 valence electrons. The average molecular weight is 363 g/mol. The zero-order valence-corrected chi connectivity index (χ0v) is 15.6. The van der Waals surface area contributed by atoms with Crippen molar-refractivity contribution in [2.45, 2.75) is 26.8 Å². The Hall–Kier alpha value is -3.36. The summed E-state index contributed by atoms with van der Waals surface area (Å²) in [7, 11) is 1.89. The van der Waals surface area contributed by atoms with Crippen molar-refractivity contribution in [3.8, 4) is 11.5 Å². The van der Waals surface area contributed by atoms with Gasteiger partial charge < -0.3 is 9.88 Å². The fraction of sp³-hybridized carbons (Fsp3) is 0.333. The lowest BCUT2D eigenvalue weighted by molar-refractivity contribution is 0.697. The van der Waals surface area contributed by atoms with Gasteiger partial charge in [-0.05, 0) is 26.0 Å². The van der Waals surface area contributed by atoms with Crippen LogP contribution < -0.4 is 5.32 Å². The number of hydrogen-bond donors (Lipinski definition) is 1. The molecule has 4 aromatic heterocycles. The monoisotopic (exact) mass is 363 g/mol. The van der Waals surface area contributed by atoms with Crippen LogP contribution in [-0.4, -0.2) is 46.0 Å². The molecule has 0 unspecified atom stereocenters.